The zero-order valence-electron chi connectivity index (χ0n) is 6.44. The summed E-state index contributed by atoms with van der Waals surface area (Å²) in [4.78, 5) is 2.57. The van der Waals surface area contributed by atoms with E-state index in [0.717, 1.165) is 12.1 Å². The standard InChI is InChI=1S/C9H4F2N2/c10-6-1-7-5(3-12)4-13-9(7)8(11)2-6/h1-2,4,13H. The molecule has 0 spiro atoms. The maximum Gasteiger partial charge on any atom is 0.150 e. The first-order valence-corrected chi connectivity index (χ1v) is 3.58. The van der Waals surface area contributed by atoms with Gasteiger partial charge in [0.05, 0.1) is 11.1 Å². The Balaban J connectivity index is 2.92. The number of nitrogens with zero attached hydrogens (tertiary/aromatic N) is 1. The number of rotatable bonds is 0. The van der Waals surface area contributed by atoms with E-state index in [0.29, 0.717) is 0 Å². The number of halogens is 2. The second kappa shape index (κ2) is 2.56. The topological polar surface area (TPSA) is 39.6 Å². The summed E-state index contributed by atoms with van der Waals surface area (Å²) in [5.74, 6) is -1.36. The van der Waals surface area contributed by atoms with Crippen molar-refractivity contribution in [1.29, 1.82) is 5.26 Å². The molecule has 2 aromatic rings. The number of fused-ring (bicyclic) bond motifs is 1. The van der Waals surface area contributed by atoms with Crippen LogP contribution in [0.15, 0.2) is 18.3 Å². The largest absolute Gasteiger partial charge is 0.357 e. The summed E-state index contributed by atoms with van der Waals surface area (Å²) in [5, 5.41) is 8.87. The van der Waals surface area contributed by atoms with Gasteiger partial charge in [-0.25, -0.2) is 8.78 Å². The van der Waals surface area contributed by atoms with Gasteiger partial charge < -0.3 is 4.98 Å². The third-order valence-electron chi connectivity index (χ3n) is 1.83. The monoisotopic (exact) mass is 178 g/mol. The molecule has 0 radical (unpaired) electrons. The van der Waals surface area contributed by atoms with Crippen molar-refractivity contribution in [2.75, 3.05) is 0 Å². The van der Waals surface area contributed by atoms with Crippen molar-refractivity contribution in [2.24, 2.45) is 0 Å². The molecule has 0 fully saturated rings. The van der Waals surface area contributed by atoms with Gasteiger partial charge in [-0.05, 0) is 6.07 Å². The SMILES string of the molecule is N#Cc1c[nH]c2c(F)cc(F)cc12. The first-order valence-electron chi connectivity index (χ1n) is 3.58. The maximum absolute atomic E-state index is 13.0. The van der Waals surface area contributed by atoms with Gasteiger partial charge in [-0.1, -0.05) is 0 Å². The molecule has 13 heavy (non-hydrogen) atoms. The van der Waals surface area contributed by atoms with Crippen LogP contribution in [0.2, 0.25) is 0 Å². The molecule has 64 valence electrons. The Morgan fingerprint density at radius 3 is 2.77 bits per heavy atom. The van der Waals surface area contributed by atoms with E-state index in [4.69, 9.17) is 5.26 Å². The molecule has 2 nitrogen and oxygen atoms in total. The van der Waals surface area contributed by atoms with Gasteiger partial charge in [0.1, 0.15) is 17.7 Å². The summed E-state index contributed by atoms with van der Waals surface area (Å²) >= 11 is 0. The molecule has 1 N–H and O–H groups in total. The average molecular weight is 178 g/mol. The Morgan fingerprint density at radius 2 is 2.08 bits per heavy atom. The molecule has 0 saturated heterocycles. The smallest absolute Gasteiger partial charge is 0.150 e. The fourth-order valence-electron chi connectivity index (χ4n) is 1.25. The molecule has 0 bridgehead atoms. The lowest BCUT2D eigenvalue weighted by Gasteiger charge is -1.93. The molecule has 0 aliphatic carbocycles. The van der Waals surface area contributed by atoms with Gasteiger partial charge in [-0.3, -0.25) is 0 Å². The van der Waals surface area contributed by atoms with Crippen LogP contribution >= 0.6 is 0 Å². The molecule has 1 aromatic carbocycles. The second-order valence-electron chi connectivity index (χ2n) is 2.62. The lowest BCUT2D eigenvalue weighted by molar-refractivity contribution is 0.591. The third kappa shape index (κ3) is 1.05. The quantitative estimate of drug-likeness (QED) is 0.660. The number of nitriles is 1. The molecule has 0 unspecified atom stereocenters. The van der Waals surface area contributed by atoms with E-state index in [1.165, 1.54) is 6.20 Å². The molecule has 1 heterocycles. The minimum absolute atomic E-state index is 0.165. The Hall–Kier alpha value is -1.89. The highest BCUT2D eigenvalue weighted by Crippen LogP contribution is 2.21. The van der Waals surface area contributed by atoms with Crippen LogP contribution in [0.25, 0.3) is 10.9 Å². The van der Waals surface area contributed by atoms with Crippen molar-refractivity contribution in [1.82, 2.24) is 4.98 Å². The predicted molar refractivity (Wildman–Crippen MR) is 42.9 cm³/mol. The number of hydrogen-bond donors (Lipinski definition) is 1. The molecular formula is C9H4F2N2. The highest BCUT2D eigenvalue weighted by atomic mass is 19.1. The predicted octanol–water partition coefficient (Wildman–Crippen LogP) is 2.32. The first kappa shape index (κ1) is 7.74. The van der Waals surface area contributed by atoms with Crippen molar-refractivity contribution in [3.05, 3.63) is 35.5 Å². The fraction of sp³-hybridized carbons (Fsp3) is 0. The van der Waals surface area contributed by atoms with Crippen LogP contribution in [0.4, 0.5) is 8.78 Å². The molecule has 0 atom stereocenters. The first-order chi connectivity index (χ1) is 6.22. The lowest BCUT2D eigenvalue weighted by atomic mass is 10.2. The van der Waals surface area contributed by atoms with E-state index >= 15 is 0 Å². The zero-order valence-corrected chi connectivity index (χ0v) is 6.44. The van der Waals surface area contributed by atoms with E-state index in [9.17, 15) is 8.78 Å². The van der Waals surface area contributed by atoms with Gasteiger partial charge in [0.25, 0.3) is 0 Å². The number of hydrogen-bond acceptors (Lipinski definition) is 1. The highest BCUT2D eigenvalue weighted by Gasteiger charge is 2.08. The van der Waals surface area contributed by atoms with Crippen molar-refractivity contribution >= 4 is 10.9 Å². The second-order valence-corrected chi connectivity index (χ2v) is 2.62. The van der Waals surface area contributed by atoms with Crippen LogP contribution in [0.1, 0.15) is 5.56 Å². The Labute approximate surface area is 72.4 Å². The van der Waals surface area contributed by atoms with Gasteiger partial charge in [0.15, 0.2) is 0 Å². The van der Waals surface area contributed by atoms with E-state index in [-0.39, 0.29) is 16.5 Å². The van der Waals surface area contributed by atoms with Crippen LogP contribution in [-0.2, 0) is 0 Å². The van der Waals surface area contributed by atoms with Crippen LogP contribution in [0, 0.1) is 23.0 Å². The van der Waals surface area contributed by atoms with Gasteiger partial charge >= 0.3 is 0 Å². The molecule has 0 aliphatic rings. The van der Waals surface area contributed by atoms with Crippen LogP contribution in [0.5, 0.6) is 0 Å². The lowest BCUT2D eigenvalue weighted by Crippen LogP contribution is -1.81. The van der Waals surface area contributed by atoms with E-state index in [2.05, 4.69) is 4.98 Å². The van der Waals surface area contributed by atoms with Crippen LogP contribution in [0.3, 0.4) is 0 Å². The minimum Gasteiger partial charge on any atom is -0.357 e. The summed E-state index contributed by atoms with van der Waals surface area (Å²) < 4.78 is 25.7. The van der Waals surface area contributed by atoms with Crippen molar-refractivity contribution in [3.8, 4) is 6.07 Å². The minimum atomic E-state index is -0.684. The number of aromatic amines is 1. The number of H-pyrrole nitrogens is 1. The Bertz CT molecular complexity index is 508. The van der Waals surface area contributed by atoms with Crippen molar-refractivity contribution in [3.63, 3.8) is 0 Å². The van der Waals surface area contributed by atoms with E-state index in [1.54, 1.807) is 0 Å². The van der Waals surface area contributed by atoms with Gasteiger partial charge in [-0.2, -0.15) is 5.26 Å². The van der Waals surface area contributed by atoms with Gasteiger partial charge in [-0.15, -0.1) is 0 Å². The van der Waals surface area contributed by atoms with E-state index < -0.39 is 11.6 Å². The Morgan fingerprint density at radius 1 is 1.31 bits per heavy atom. The van der Waals surface area contributed by atoms with Crippen molar-refractivity contribution in [2.45, 2.75) is 0 Å². The summed E-state index contributed by atoms with van der Waals surface area (Å²) in [7, 11) is 0. The van der Waals surface area contributed by atoms with Gasteiger partial charge in [0.2, 0.25) is 0 Å². The number of aromatic nitrogens is 1. The highest BCUT2D eigenvalue weighted by molar-refractivity contribution is 5.86. The van der Waals surface area contributed by atoms with E-state index in [1.807, 2.05) is 6.07 Å². The molecule has 0 amide bonds. The summed E-state index contributed by atoms with van der Waals surface area (Å²) in [6.07, 6.45) is 1.35. The molecule has 2 rings (SSSR count). The number of benzene rings is 1. The molecule has 1 aromatic heterocycles. The average Bonchev–Trinajstić information content (AvgIpc) is 2.47. The summed E-state index contributed by atoms with van der Waals surface area (Å²) in [5.41, 5.74) is 0.409. The Kier molecular flexibility index (Phi) is 1.52. The summed E-state index contributed by atoms with van der Waals surface area (Å²) in [6, 6.07) is 3.75. The molecule has 4 heteroatoms. The van der Waals surface area contributed by atoms with Crippen LogP contribution < -0.4 is 0 Å². The van der Waals surface area contributed by atoms with Crippen LogP contribution in [-0.4, -0.2) is 4.98 Å². The zero-order chi connectivity index (χ0) is 9.42. The van der Waals surface area contributed by atoms with Crippen molar-refractivity contribution < 1.29 is 8.78 Å². The molecular weight excluding hydrogens is 174 g/mol. The number of nitrogens with one attached hydrogen (secondary N) is 1. The fourth-order valence-corrected chi connectivity index (χ4v) is 1.25. The normalized spacial score (nSPS) is 10.2. The molecule has 0 saturated carbocycles. The summed E-state index contributed by atoms with van der Waals surface area (Å²) in [6.45, 7) is 0. The maximum atomic E-state index is 13.0. The molecule has 0 aliphatic heterocycles. The third-order valence-corrected chi connectivity index (χ3v) is 1.83. The van der Waals surface area contributed by atoms with Gasteiger partial charge in [0, 0.05) is 17.6 Å².